The van der Waals surface area contributed by atoms with E-state index in [0.717, 1.165) is 50.7 Å². The maximum atomic E-state index is 11.2. The van der Waals surface area contributed by atoms with Gasteiger partial charge in [0.2, 0.25) is 0 Å². The lowest BCUT2D eigenvalue weighted by Crippen LogP contribution is -2.35. The fourth-order valence-corrected chi connectivity index (χ4v) is 5.64. The van der Waals surface area contributed by atoms with E-state index < -0.39 is 6.09 Å². The predicted octanol–water partition coefficient (Wildman–Crippen LogP) is 6.74. The molecule has 1 saturated heterocycles. The number of amides is 1. The number of thiophene rings is 1. The average Bonchev–Trinajstić information content (AvgIpc) is 3.27. The van der Waals surface area contributed by atoms with Gasteiger partial charge < -0.3 is 30.0 Å². The lowest BCUT2D eigenvalue weighted by Gasteiger charge is -2.23. The van der Waals surface area contributed by atoms with Gasteiger partial charge in [0.25, 0.3) is 0 Å². The predicted molar refractivity (Wildman–Crippen MR) is 146 cm³/mol. The Morgan fingerprint density at radius 1 is 0.973 bits per heavy atom. The van der Waals surface area contributed by atoms with Gasteiger partial charge >= 0.3 is 6.09 Å². The normalized spacial score (nSPS) is 15.3. The quantitative estimate of drug-likeness (QED) is 0.255. The first kappa shape index (κ1) is 24.9. The van der Waals surface area contributed by atoms with Crippen LogP contribution in [0.15, 0.2) is 66.7 Å². The zero-order chi connectivity index (χ0) is 25.6. The molecule has 4 aromatic rings. The van der Waals surface area contributed by atoms with Crippen molar-refractivity contribution >= 4 is 27.5 Å². The van der Waals surface area contributed by atoms with Crippen LogP contribution in [0.2, 0.25) is 0 Å². The first-order valence-electron chi connectivity index (χ1n) is 12.4. The average molecular weight is 519 g/mol. The number of methoxy groups -OCH3 is 1. The van der Waals surface area contributed by atoms with Gasteiger partial charge in [-0.3, -0.25) is 0 Å². The number of fused-ring (bicyclic) bond motifs is 1. The van der Waals surface area contributed by atoms with E-state index in [2.05, 4.69) is 5.32 Å². The molecule has 8 heteroatoms. The van der Waals surface area contributed by atoms with E-state index >= 15 is 0 Å². The van der Waals surface area contributed by atoms with Gasteiger partial charge in [-0.05, 0) is 98.1 Å². The minimum absolute atomic E-state index is 0.388. The van der Waals surface area contributed by atoms with Crippen molar-refractivity contribution < 1.29 is 23.7 Å². The fraction of sp³-hybridized carbons (Fsp3) is 0.276. The minimum atomic E-state index is -0.847. The molecule has 0 radical (unpaired) electrons. The number of nitrogens with one attached hydrogen (secondary N) is 1. The Morgan fingerprint density at radius 3 is 2.41 bits per heavy atom. The monoisotopic (exact) mass is 518 g/mol. The van der Waals surface area contributed by atoms with Gasteiger partial charge in [-0.1, -0.05) is 6.42 Å². The SMILES string of the molecule is COc1ccc(-c2sc3cc(OC(N)=O)ccc3c2Oc2ccc(OCCC3CCCCN3)cc2)cc1. The summed E-state index contributed by atoms with van der Waals surface area (Å²) in [7, 11) is 1.64. The van der Waals surface area contributed by atoms with E-state index in [4.69, 9.17) is 24.7 Å². The van der Waals surface area contributed by atoms with Crippen LogP contribution in [0, 0.1) is 0 Å². The highest BCUT2D eigenvalue weighted by Gasteiger charge is 2.18. The van der Waals surface area contributed by atoms with E-state index in [-0.39, 0.29) is 0 Å². The second kappa shape index (κ2) is 11.5. The zero-order valence-electron chi connectivity index (χ0n) is 20.7. The van der Waals surface area contributed by atoms with Crippen molar-refractivity contribution in [2.24, 2.45) is 5.73 Å². The van der Waals surface area contributed by atoms with Crippen molar-refractivity contribution in [2.45, 2.75) is 31.7 Å². The van der Waals surface area contributed by atoms with Gasteiger partial charge in [-0.2, -0.15) is 0 Å². The van der Waals surface area contributed by atoms with Crippen LogP contribution in [0.5, 0.6) is 28.7 Å². The summed E-state index contributed by atoms with van der Waals surface area (Å²) in [6.07, 6.45) is 3.93. The van der Waals surface area contributed by atoms with Gasteiger partial charge in [0.1, 0.15) is 23.0 Å². The van der Waals surface area contributed by atoms with Crippen LogP contribution >= 0.6 is 11.3 Å². The minimum Gasteiger partial charge on any atom is -0.497 e. The number of benzene rings is 3. The van der Waals surface area contributed by atoms with Crippen LogP contribution < -0.4 is 30.0 Å². The van der Waals surface area contributed by atoms with E-state index in [1.54, 1.807) is 30.6 Å². The first-order chi connectivity index (χ1) is 18.1. The van der Waals surface area contributed by atoms with Gasteiger partial charge in [-0.15, -0.1) is 11.3 Å². The van der Waals surface area contributed by atoms with Gasteiger partial charge in [0.05, 0.1) is 18.6 Å². The van der Waals surface area contributed by atoms with Crippen LogP contribution in [0.1, 0.15) is 25.7 Å². The Labute approximate surface area is 220 Å². The van der Waals surface area contributed by atoms with Crippen molar-refractivity contribution in [1.29, 1.82) is 0 Å². The Hall–Kier alpha value is -3.75. The molecule has 1 amide bonds. The highest BCUT2D eigenvalue weighted by Crippen LogP contribution is 2.47. The largest absolute Gasteiger partial charge is 0.497 e. The molecule has 0 spiro atoms. The van der Waals surface area contributed by atoms with E-state index in [1.165, 1.54) is 19.3 Å². The van der Waals surface area contributed by atoms with Crippen molar-refractivity contribution in [3.05, 3.63) is 66.7 Å². The summed E-state index contributed by atoms with van der Waals surface area (Å²) in [6.45, 7) is 1.79. The Balaban J connectivity index is 1.37. The van der Waals surface area contributed by atoms with Crippen LogP contribution in [-0.4, -0.2) is 32.4 Å². The third-order valence-electron chi connectivity index (χ3n) is 6.38. The Morgan fingerprint density at radius 2 is 1.70 bits per heavy atom. The second-order valence-corrected chi connectivity index (χ2v) is 9.98. The Bertz CT molecular complexity index is 1350. The van der Waals surface area contributed by atoms with Crippen LogP contribution in [0.4, 0.5) is 4.79 Å². The zero-order valence-corrected chi connectivity index (χ0v) is 21.5. The van der Waals surface area contributed by atoms with Gasteiger partial charge in [0.15, 0.2) is 5.75 Å². The summed E-state index contributed by atoms with van der Waals surface area (Å²) < 4.78 is 23.7. The number of nitrogens with two attached hydrogens (primary N) is 1. The molecule has 1 aliphatic heterocycles. The molecular formula is C29H30N2O5S. The third kappa shape index (κ3) is 6.15. The number of primary amides is 1. The van der Waals surface area contributed by atoms with Crippen molar-refractivity contribution in [3.63, 3.8) is 0 Å². The molecule has 0 saturated carbocycles. The molecule has 3 aromatic carbocycles. The summed E-state index contributed by atoms with van der Waals surface area (Å²) in [6, 6.07) is 21.5. The summed E-state index contributed by atoms with van der Waals surface area (Å²) in [5.41, 5.74) is 6.19. The number of ether oxygens (including phenoxy) is 4. The van der Waals surface area contributed by atoms with Crippen molar-refractivity contribution in [3.8, 4) is 39.2 Å². The topological polar surface area (TPSA) is 92.0 Å². The maximum Gasteiger partial charge on any atom is 0.409 e. The lowest BCUT2D eigenvalue weighted by atomic mass is 10.0. The standard InChI is InChI=1S/C29H30N2O5S/c1-33-21-7-5-19(6-8-21)28-27(25-14-13-24(36-29(30)32)18-26(25)37-28)35-23-11-9-22(10-12-23)34-17-15-20-4-2-3-16-31-20/h5-14,18,20,31H,2-4,15-17H2,1H3,(H2,30,32). The number of carbonyl (C=O) groups excluding carboxylic acids is 1. The molecular weight excluding hydrogens is 488 g/mol. The number of hydrogen-bond donors (Lipinski definition) is 2. The first-order valence-corrected chi connectivity index (χ1v) is 13.2. The van der Waals surface area contributed by atoms with Crippen molar-refractivity contribution in [1.82, 2.24) is 5.32 Å². The molecule has 1 aromatic heterocycles. The molecule has 0 aliphatic carbocycles. The van der Waals surface area contributed by atoms with Crippen LogP contribution in [-0.2, 0) is 0 Å². The summed E-state index contributed by atoms with van der Waals surface area (Å²) in [5, 5.41) is 4.46. The number of carbonyl (C=O) groups is 1. The summed E-state index contributed by atoms with van der Waals surface area (Å²) in [4.78, 5) is 12.2. The van der Waals surface area contributed by atoms with Gasteiger partial charge in [-0.25, -0.2) is 4.79 Å². The van der Waals surface area contributed by atoms with E-state index in [0.29, 0.717) is 24.1 Å². The van der Waals surface area contributed by atoms with Gasteiger partial charge in [0, 0.05) is 16.1 Å². The fourth-order valence-electron chi connectivity index (χ4n) is 4.48. The maximum absolute atomic E-state index is 11.2. The second-order valence-electron chi connectivity index (χ2n) is 8.93. The highest BCUT2D eigenvalue weighted by molar-refractivity contribution is 7.22. The third-order valence-corrected chi connectivity index (χ3v) is 7.56. The molecule has 37 heavy (non-hydrogen) atoms. The Kier molecular flexibility index (Phi) is 7.77. The molecule has 1 unspecified atom stereocenters. The molecule has 192 valence electrons. The van der Waals surface area contributed by atoms with E-state index in [9.17, 15) is 4.79 Å². The van der Waals surface area contributed by atoms with Crippen LogP contribution in [0.25, 0.3) is 20.5 Å². The van der Waals surface area contributed by atoms with E-state index in [1.807, 2.05) is 54.6 Å². The molecule has 2 heterocycles. The molecule has 7 nitrogen and oxygen atoms in total. The summed E-state index contributed by atoms with van der Waals surface area (Å²) in [5.74, 6) is 3.42. The lowest BCUT2D eigenvalue weighted by molar-refractivity contribution is 0.211. The highest BCUT2D eigenvalue weighted by atomic mass is 32.1. The van der Waals surface area contributed by atoms with Crippen LogP contribution in [0.3, 0.4) is 0 Å². The molecule has 3 N–H and O–H groups in total. The number of hydrogen-bond acceptors (Lipinski definition) is 7. The molecule has 1 aliphatic rings. The molecule has 0 bridgehead atoms. The summed E-state index contributed by atoms with van der Waals surface area (Å²) >= 11 is 1.55. The number of rotatable bonds is 9. The molecule has 5 rings (SSSR count). The molecule has 1 fully saturated rings. The number of piperidine rings is 1. The molecule has 1 atom stereocenters. The smallest absolute Gasteiger partial charge is 0.409 e. The van der Waals surface area contributed by atoms with Crippen molar-refractivity contribution in [2.75, 3.05) is 20.3 Å².